The zero-order chi connectivity index (χ0) is 14.1. The van der Waals surface area contributed by atoms with Gasteiger partial charge in [0.1, 0.15) is 5.78 Å². The van der Waals surface area contributed by atoms with Crippen LogP contribution in [0.4, 0.5) is 4.79 Å². The summed E-state index contributed by atoms with van der Waals surface area (Å²) in [7, 11) is 0. The van der Waals surface area contributed by atoms with Gasteiger partial charge in [-0.15, -0.1) is 0 Å². The molecule has 5 nitrogen and oxygen atoms in total. The number of hydrogen-bond acceptors (Lipinski definition) is 3. The molecule has 3 fully saturated rings. The maximum atomic E-state index is 11.9. The van der Waals surface area contributed by atoms with E-state index in [0.29, 0.717) is 31.7 Å². The molecular formula is C15H24N2O3. The number of rotatable bonds is 4. The van der Waals surface area contributed by atoms with Crippen LogP contribution in [0.15, 0.2) is 0 Å². The maximum Gasteiger partial charge on any atom is 0.318 e. The summed E-state index contributed by atoms with van der Waals surface area (Å²) in [5, 5.41) is 13.2. The topological polar surface area (TPSA) is 69.6 Å². The largest absolute Gasteiger partial charge is 0.393 e. The monoisotopic (exact) mass is 280 g/mol. The van der Waals surface area contributed by atoms with Crippen LogP contribution in [0.5, 0.6) is 0 Å². The Labute approximate surface area is 119 Å². The minimum Gasteiger partial charge on any atom is -0.393 e. The molecule has 2 N–H and O–H groups in total. The first kappa shape index (κ1) is 13.9. The molecule has 0 radical (unpaired) electrons. The predicted molar refractivity (Wildman–Crippen MR) is 74.3 cm³/mol. The van der Waals surface area contributed by atoms with Crippen molar-refractivity contribution in [3.63, 3.8) is 0 Å². The number of fused-ring (bicyclic) bond motifs is 1. The highest BCUT2D eigenvalue weighted by atomic mass is 16.3. The van der Waals surface area contributed by atoms with Gasteiger partial charge in [-0.3, -0.25) is 4.79 Å². The zero-order valence-corrected chi connectivity index (χ0v) is 11.9. The summed E-state index contributed by atoms with van der Waals surface area (Å²) in [5.74, 6) is 0.633. The number of aliphatic hydroxyl groups excluding tert-OH is 1. The van der Waals surface area contributed by atoms with Crippen LogP contribution in [0.3, 0.4) is 0 Å². The third-order valence-electron chi connectivity index (χ3n) is 5.18. The van der Waals surface area contributed by atoms with Crippen molar-refractivity contribution in [3.8, 4) is 0 Å². The first-order valence-corrected chi connectivity index (χ1v) is 7.92. The standard InChI is InChI=1S/C15H24N2O3/c18-11-8-12-13(9-11)17(15(20)16-12)7-6-14(19)10-4-2-1-3-5-10/h10,12-14,19H,1-9H2,(H,16,20)/t12-,13+,14?/m1/s1. The van der Waals surface area contributed by atoms with E-state index in [1.165, 1.54) is 19.3 Å². The molecular weight excluding hydrogens is 256 g/mol. The van der Waals surface area contributed by atoms with Crippen molar-refractivity contribution in [2.45, 2.75) is 69.6 Å². The van der Waals surface area contributed by atoms with Gasteiger partial charge in [-0.2, -0.15) is 0 Å². The Morgan fingerprint density at radius 2 is 1.95 bits per heavy atom. The third-order valence-corrected chi connectivity index (χ3v) is 5.18. The van der Waals surface area contributed by atoms with Gasteiger partial charge in [0, 0.05) is 19.4 Å². The molecule has 1 saturated heterocycles. The lowest BCUT2D eigenvalue weighted by atomic mass is 9.84. The van der Waals surface area contributed by atoms with Gasteiger partial charge in [-0.25, -0.2) is 4.79 Å². The minimum absolute atomic E-state index is 0.00169. The third kappa shape index (κ3) is 2.68. The number of hydrogen-bond donors (Lipinski definition) is 2. The summed E-state index contributed by atoms with van der Waals surface area (Å²) < 4.78 is 0. The Morgan fingerprint density at radius 3 is 2.70 bits per heavy atom. The number of nitrogens with zero attached hydrogens (tertiary/aromatic N) is 1. The van der Waals surface area contributed by atoms with Crippen molar-refractivity contribution < 1.29 is 14.7 Å². The van der Waals surface area contributed by atoms with Crippen molar-refractivity contribution in [1.82, 2.24) is 10.2 Å². The summed E-state index contributed by atoms with van der Waals surface area (Å²) >= 11 is 0. The quantitative estimate of drug-likeness (QED) is 0.818. The normalized spacial score (nSPS) is 32.4. The van der Waals surface area contributed by atoms with Crippen molar-refractivity contribution in [1.29, 1.82) is 0 Å². The summed E-state index contributed by atoms with van der Waals surface area (Å²) in [6, 6.07) is -0.0428. The molecule has 112 valence electrons. The molecule has 0 spiro atoms. The Bertz CT molecular complexity index is 393. The minimum atomic E-state index is -0.306. The fourth-order valence-electron chi connectivity index (χ4n) is 4.00. The SMILES string of the molecule is O=C1C[C@H]2NC(=O)N(CCC(O)C3CCCCC3)[C@H]2C1. The van der Waals surface area contributed by atoms with E-state index >= 15 is 0 Å². The van der Waals surface area contributed by atoms with Crippen LogP contribution in [0.1, 0.15) is 51.4 Å². The van der Waals surface area contributed by atoms with E-state index in [9.17, 15) is 14.7 Å². The first-order chi connectivity index (χ1) is 9.65. The van der Waals surface area contributed by atoms with Crippen LogP contribution in [0.2, 0.25) is 0 Å². The molecule has 3 rings (SSSR count). The fraction of sp³-hybridized carbons (Fsp3) is 0.867. The van der Waals surface area contributed by atoms with E-state index in [1.807, 2.05) is 0 Å². The Morgan fingerprint density at radius 1 is 1.20 bits per heavy atom. The van der Waals surface area contributed by atoms with Crippen molar-refractivity contribution in [2.24, 2.45) is 5.92 Å². The van der Waals surface area contributed by atoms with Gasteiger partial charge in [-0.05, 0) is 25.2 Å². The van der Waals surface area contributed by atoms with Crippen LogP contribution < -0.4 is 5.32 Å². The van der Waals surface area contributed by atoms with E-state index in [4.69, 9.17) is 0 Å². The average molecular weight is 280 g/mol. The summed E-state index contributed by atoms with van der Waals surface area (Å²) in [4.78, 5) is 25.1. The molecule has 0 aromatic rings. The molecule has 5 heteroatoms. The maximum absolute atomic E-state index is 11.9. The number of carbonyl (C=O) groups is 2. The van der Waals surface area contributed by atoms with E-state index in [2.05, 4.69) is 5.32 Å². The molecule has 3 aliphatic rings. The highest BCUT2D eigenvalue weighted by Crippen LogP contribution is 2.30. The second-order valence-electron chi connectivity index (χ2n) is 6.52. The second-order valence-corrected chi connectivity index (χ2v) is 6.52. The first-order valence-electron chi connectivity index (χ1n) is 7.92. The highest BCUT2D eigenvalue weighted by Gasteiger charge is 2.45. The predicted octanol–water partition coefficient (Wildman–Crippen LogP) is 1.44. The number of Topliss-reactive ketones (excluding diaryl/α,β-unsaturated/α-hetero) is 1. The number of ketones is 1. The van der Waals surface area contributed by atoms with Crippen LogP contribution in [0.25, 0.3) is 0 Å². The molecule has 1 unspecified atom stereocenters. The Balaban J connectivity index is 1.52. The van der Waals surface area contributed by atoms with Crippen LogP contribution in [-0.4, -0.2) is 46.6 Å². The smallest absolute Gasteiger partial charge is 0.318 e. The van der Waals surface area contributed by atoms with Crippen molar-refractivity contribution >= 4 is 11.8 Å². The fourth-order valence-corrected chi connectivity index (χ4v) is 4.00. The molecule has 3 atom stereocenters. The molecule has 1 aliphatic heterocycles. The number of carbonyl (C=O) groups excluding carboxylic acids is 2. The van der Waals surface area contributed by atoms with Gasteiger partial charge in [0.2, 0.25) is 0 Å². The van der Waals surface area contributed by atoms with Gasteiger partial charge < -0.3 is 15.3 Å². The molecule has 20 heavy (non-hydrogen) atoms. The molecule has 2 amide bonds. The second kappa shape index (κ2) is 5.72. The Kier molecular flexibility index (Phi) is 3.96. The summed E-state index contributed by atoms with van der Waals surface area (Å²) in [6.45, 7) is 0.567. The number of amides is 2. The van der Waals surface area contributed by atoms with Gasteiger partial charge in [0.15, 0.2) is 0 Å². The molecule has 2 aliphatic carbocycles. The van der Waals surface area contributed by atoms with Crippen LogP contribution in [0, 0.1) is 5.92 Å². The number of aliphatic hydroxyl groups is 1. The number of urea groups is 1. The zero-order valence-electron chi connectivity index (χ0n) is 11.9. The lowest BCUT2D eigenvalue weighted by molar-refractivity contribution is -0.117. The van der Waals surface area contributed by atoms with Gasteiger partial charge in [-0.1, -0.05) is 19.3 Å². The lowest BCUT2D eigenvalue weighted by Gasteiger charge is -2.29. The number of nitrogens with one attached hydrogen (secondary N) is 1. The Hall–Kier alpha value is -1.10. The van der Waals surface area contributed by atoms with Crippen LogP contribution >= 0.6 is 0 Å². The average Bonchev–Trinajstić information content (AvgIpc) is 2.92. The summed E-state index contributed by atoms with van der Waals surface area (Å²) in [6.07, 6.45) is 7.20. The molecule has 1 heterocycles. The van der Waals surface area contributed by atoms with E-state index in [1.54, 1.807) is 4.90 Å². The van der Waals surface area contributed by atoms with Crippen molar-refractivity contribution in [3.05, 3.63) is 0 Å². The van der Waals surface area contributed by atoms with Crippen molar-refractivity contribution in [2.75, 3.05) is 6.54 Å². The summed E-state index contributed by atoms with van der Waals surface area (Å²) in [5.41, 5.74) is 0. The lowest BCUT2D eigenvalue weighted by Crippen LogP contribution is -2.37. The molecule has 0 aromatic heterocycles. The van der Waals surface area contributed by atoms with Gasteiger partial charge in [0.05, 0.1) is 18.2 Å². The van der Waals surface area contributed by atoms with Gasteiger partial charge >= 0.3 is 6.03 Å². The molecule has 2 saturated carbocycles. The highest BCUT2D eigenvalue weighted by molar-refractivity contribution is 5.88. The molecule has 0 aromatic carbocycles. The van der Waals surface area contributed by atoms with E-state index in [0.717, 1.165) is 12.8 Å². The molecule has 0 bridgehead atoms. The van der Waals surface area contributed by atoms with Gasteiger partial charge in [0.25, 0.3) is 0 Å². The van der Waals surface area contributed by atoms with E-state index in [-0.39, 0.29) is 30.0 Å². The van der Waals surface area contributed by atoms with E-state index < -0.39 is 0 Å². The van der Waals surface area contributed by atoms with Crippen LogP contribution in [-0.2, 0) is 4.79 Å².